The Morgan fingerprint density at radius 3 is 2.60 bits per heavy atom. The highest BCUT2D eigenvalue weighted by Crippen LogP contribution is 2.37. The fourth-order valence-corrected chi connectivity index (χ4v) is 5.36. The molecule has 2 N–H and O–H groups in total. The molecule has 0 radical (unpaired) electrons. The van der Waals surface area contributed by atoms with Crippen molar-refractivity contribution in [2.24, 2.45) is 0 Å². The van der Waals surface area contributed by atoms with Gasteiger partial charge in [-0.1, -0.05) is 35.9 Å². The van der Waals surface area contributed by atoms with Gasteiger partial charge in [-0.15, -0.1) is 0 Å². The lowest BCUT2D eigenvalue weighted by Gasteiger charge is -2.39. The number of nitrogens with zero attached hydrogens (tertiary/aromatic N) is 3. The first-order chi connectivity index (χ1) is 16.9. The molecule has 1 aliphatic rings. The minimum atomic E-state index is -1.09. The topological polar surface area (TPSA) is 78.4 Å². The van der Waals surface area contributed by atoms with Crippen LogP contribution in [0.5, 0.6) is 0 Å². The fraction of sp³-hybridized carbons (Fsp3) is 0.192. The number of benzene rings is 3. The number of fused-ring (bicyclic) bond motifs is 1. The fourth-order valence-electron chi connectivity index (χ4n) is 4.26. The first kappa shape index (κ1) is 23.5. The maximum Gasteiger partial charge on any atom is 0.253 e. The average Bonchev–Trinajstić information content (AvgIpc) is 2.88. The van der Waals surface area contributed by atoms with Crippen molar-refractivity contribution < 1.29 is 14.3 Å². The third kappa shape index (κ3) is 4.82. The predicted octanol–water partition coefficient (Wildman–Crippen LogP) is 5.67. The molecule has 2 heterocycles. The van der Waals surface area contributed by atoms with Crippen LogP contribution in [0.4, 0.5) is 10.1 Å². The number of aromatic nitrogens is 2. The minimum Gasteiger partial charge on any atom is -0.385 e. The third-order valence-corrected chi connectivity index (χ3v) is 7.40. The van der Waals surface area contributed by atoms with E-state index in [4.69, 9.17) is 11.6 Å². The Morgan fingerprint density at radius 1 is 1.06 bits per heavy atom. The zero-order chi connectivity index (χ0) is 24.4. The van der Waals surface area contributed by atoms with Gasteiger partial charge in [-0.2, -0.15) is 0 Å². The Kier molecular flexibility index (Phi) is 6.60. The van der Waals surface area contributed by atoms with E-state index in [1.165, 1.54) is 18.0 Å². The van der Waals surface area contributed by atoms with Gasteiger partial charge in [-0.25, -0.2) is 4.39 Å². The van der Waals surface area contributed by atoms with E-state index in [0.717, 1.165) is 15.9 Å². The van der Waals surface area contributed by atoms with Gasteiger partial charge in [0.15, 0.2) is 0 Å². The van der Waals surface area contributed by atoms with Crippen LogP contribution in [0.25, 0.3) is 11.0 Å². The van der Waals surface area contributed by atoms with Crippen LogP contribution in [-0.4, -0.2) is 39.0 Å². The molecule has 4 aromatic rings. The van der Waals surface area contributed by atoms with E-state index in [2.05, 4.69) is 14.7 Å². The molecule has 1 aromatic heterocycles. The summed E-state index contributed by atoms with van der Waals surface area (Å²) in [5, 5.41) is 11.6. The zero-order valence-electron chi connectivity index (χ0n) is 18.6. The molecular formula is C26H22ClFN4O2S. The maximum absolute atomic E-state index is 14.9. The van der Waals surface area contributed by atoms with Crippen molar-refractivity contribution in [2.45, 2.75) is 23.3 Å². The van der Waals surface area contributed by atoms with Gasteiger partial charge < -0.3 is 14.7 Å². The number of para-hydroxylation sites is 1. The van der Waals surface area contributed by atoms with Crippen LogP contribution in [0.2, 0.25) is 5.02 Å². The Balaban J connectivity index is 1.25. The molecule has 6 nitrogen and oxygen atoms in total. The van der Waals surface area contributed by atoms with Gasteiger partial charge in [0.25, 0.3) is 5.91 Å². The van der Waals surface area contributed by atoms with Crippen LogP contribution in [0, 0.1) is 5.82 Å². The number of anilines is 1. The second-order valence-electron chi connectivity index (χ2n) is 8.38. The summed E-state index contributed by atoms with van der Waals surface area (Å²) in [5.41, 5.74) is 1.59. The Labute approximate surface area is 211 Å². The number of likely N-dealkylation sites (tertiary alicyclic amines) is 1. The van der Waals surface area contributed by atoms with Crippen LogP contribution in [0.15, 0.2) is 78.0 Å². The van der Waals surface area contributed by atoms with E-state index in [0.29, 0.717) is 36.5 Å². The molecular weight excluding hydrogens is 487 g/mol. The van der Waals surface area contributed by atoms with E-state index in [1.54, 1.807) is 35.5 Å². The molecule has 5 rings (SSSR count). The second-order valence-corrected chi connectivity index (χ2v) is 9.64. The number of rotatable bonds is 5. The molecule has 0 aliphatic carbocycles. The highest BCUT2D eigenvalue weighted by Gasteiger charge is 2.37. The van der Waals surface area contributed by atoms with Crippen LogP contribution < -0.4 is 4.72 Å². The molecule has 0 atom stereocenters. The lowest BCUT2D eigenvalue weighted by atomic mass is 9.84. The van der Waals surface area contributed by atoms with Crippen molar-refractivity contribution in [2.75, 3.05) is 17.8 Å². The van der Waals surface area contributed by atoms with Crippen molar-refractivity contribution >= 4 is 46.2 Å². The Morgan fingerprint density at radius 2 is 1.83 bits per heavy atom. The van der Waals surface area contributed by atoms with Crippen LogP contribution >= 0.6 is 23.5 Å². The summed E-state index contributed by atoms with van der Waals surface area (Å²) in [6, 6.07) is 17.2. The summed E-state index contributed by atoms with van der Waals surface area (Å²) in [4.78, 5) is 24.1. The predicted molar refractivity (Wildman–Crippen MR) is 136 cm³/mol. The molecule has 1 fully saturated rings. The standard InChI is InChI=1S/C26H22ClFN4O2S/c27-19-5-2-1-4-18(19)26(34)10-14-32(15-11-26)25(33)17-8-9-21(20(28)16-17)31-35-23-7-3-6-22-24(23)30-13-12-29-22/h1-9,12-13,16,31,34H,10-11,14-15H2. The number of hydrogen-bond donors (Lipinski definition) is 2. The monoisotopic (exact) mass is 508 g/mol. The number of amides is 1. The lowest BCUT2D eigenvalue weighted by molar-refractivity contribution is -0.0210. The van der Waals surface area contributed by atoms with Gasteiger partial charge in [0.05, 0.1) is 21.7 Å². The van der Waals surface area contributed by atoms with Crippen molar-refractivity contribution in [3.63, 3.8) is 0 Å². The van der Waals surface area contributed by atoms with Crippen molar-refractivity contribution in [3.8, 4) is 0 Å². The van der Waals surface area contributed by atoms with Crippen molar-refractivity contribution in [1.29, 1.82) is 0 Å². The van der Waals surface area contributed by atoms with Gasteiger partial charge in [-0.3, -0.25) is 14.8 Å². The normalized spacial score (nSPS) is 15.2. The lowest BCUT2D eigenvalue weighted by Crippen LogP contribution is -2.45. The molecule has 3 aromatic carbocycles. The largest absolute Gasteiger partial charge is 0.385 e. The van der Waals surface area contributed by atoms with E-state index < -0.39 is 11.4 Å². The summed E-state index contributed by atoms with van der Waals surface area (Å²) in [6.07, 6.45) is 3.95. The van der Waals surface area contributed by atoms with Crippen LogP contribution in [0.1, 0.15) is 28.8 Å². The average molecular weight is 509 g/mol. The van der Waals surface area contributed by atoms with Gasteiger partial charge in [-0.05, 0) is 61.2 Å². The molecule has 35 heavy (non-hydrogen) atoms. The summed E-state index contributed by atoms with van der Waals surface area (Å²) >= 11 is 7.50. The quantitative estimate of drug-likeness (QED) is 0.338. The number of nitrogens with one attached hydrogen (secondary N) is 1. The van der Waals surface area contributed by atoms with E-state index in [1.807, 2.05) is 36.4 Å². The summed E-state index contributed by atoms with van der Waals surface area (Å²) in [5.74, 6) is -0.798. The second kappa shape index (κ2) is 9.81. The van der Waals surface area contributed by atoms with Gasteiger partial charge in [0, 0.05) is 41.6 Å². The molecule has 9 heteroatoms. The summed E-state index contributed by atoms with van der Waals surface area (Å²) in [7, 11) is 0. The molecule has 0 saturated carbocycles. The third-order valence-electron chi connectivity index (χ3n) is 6.20. The minimum absolute atomic E-state index is 0.261. The van der Waals surface area contributed by atoms with Gasteiger partial charge in [0.1, 0.15) is 11.3 Å². The molecule has 1 aliphatic heterocycles. The molecule has 1 amide bonds. The highest BCUT2D eigenvalue weighted by atomic mass is 35.5. The van der Waals surface area contributed by atoms with Crippen LogP contribution in [-0.2, 0) is 5.60 Å². The van der Waals surface area contributed by atoms with Crippen molar-refractivity contribution in [1.82, 2.24) is 14.9 Å². The molecule has 0 spiro atoms. The molecule has 178 valence electrons. The number of aliphatic hydroxyl groups is 1. The smallest absolute Gasteiger partial charge is 0.253 e. The van der Waals surface area contributed by atoms with Crippen LogP contribution in [0.3, 0.4) is 0 Å². The maximum atomic E-state index is 14.9. The first-order valence-electron chi connectivity index (χ1n) is 11.1. The number of carbonyl (C=O) groups is 1. The van der Waals surface area contributed by atoms with Gasteiger partial charge in [0.2, 0.25) is 0 Å². The Hall–Kier alpha value is -3.20. The first-order valence-corrected chi connectivity index (χ1v) is 12.3. The molecule has 0 unspecified atom stereocenters. The number of carbonyl (C=O) groups excluding carboxylic acids is 1. The number of hydrogen-bond acceptors (Lipinski definition) is 6. The summed E-state index contributed by atoms with van der Waals surface area (Å²) in [6.45, 7) is 0.695. The number of halogens is 2. The van der Waals surface area contributed by atoms with Crippen molar-refractivity contribution in [3.05, 3.63) is 95.0 Å². The number of piperidine rings is 1. The summed E-state index contributed by atoms with van der Waals surface area (Å²) < 4.78 is 17.9. The SMILES string of the molecule is O=C(c1ccc(NSc2cccc3nccnc23)c(F)c1)N1CCC(O)(c2ccccc2Cl)CC1. The van der Waals surface area contributed by atoms with E-state index >= 15 is 0 Å². The van der Waals surface area contributed by atoms with Gasteiger partial charge >= 0.3 is 0 Å². The molecule has 0 bridgehead atoms. The Bertz CT molecular complexity index is 1390. The van der Waals surface area contributed by atoms with E-state index in [9.17, 15) is 14.3 Å². The van der Waals surface area contributed by atoms with E-state index in [-0.39, 0.29) is 17.2 Å². The zero-order valence-corrected chi connectivity index (χ0v) is 20.2. The highest BCUT2D eigenvalue weighted by molar-refractivity contribution is 8.00. The molecule has 1 saturated heterocycles.